The molecule has 0 unspecified atom stereocenters. The normalized spacial score (nSPS) is 14.9. The van der Waals surface area contributed by atoms with Gasteiger partial charge in [0.05, 0.1) is 17.2 Å². The zero-order valence-electron chi connectivity index (χ0n) is 15.2. The molecule has 1 saturated heterocycles. The van der Waals surface area contributed by atoms with Crippen molar-refractivity contribution in [1.29, 1.82) is 0 Å². The SMILES string of the molecule is CCOc1ccc(C(=O)N2CCN(c3ncc(C(F)(F)F)cc3Cl)CC2)cc1. The van der Waals surface area contributed by atoms with Crippen LogP contribution in [-0.4, -0.2) is 48.6 Å². The molecule has 0 atom stereocenters. The molecule has 1 aliphatic rings. The van der Waals surface area contributed by atoms with E-state index in [-0.39, 0.29) is 10.9 Å². The van der Waals surface area contributed by atoms with E-state index in [4.69, 9.17) is 16.3 Å². The number of halogens is 4. The van der Waals surface area contributed by atoms with Crippen molar-refractivity contribution in [3.63, 3.8) is 0 Å². The average Bonchev–Trinajstić information content (AvgIpc) is 2.68. The van der Waals surface area contributed by atoms with Crippen LogP contribution in [-0.2, 0) is 6.18 Å². The third-order valence-corrected chi connectivity index (χ3v) is 4.71. The van der Waals surface area contributed by atoms with Crippen LogP contribution in [0.15, 0.2) is 36.5 Å². The number of carbonyl (C=O) groups is 1. The van der Waals surface area contributed by atoms with Crippen LogP contribution in [0.5, 0.6) is 5.75 Å². The van der Waals surface area contributed by atoms with Crippen molar-refractivity contribution in [2.24, 2.45) is 0 Å². The average molecular weight is 414 g/mol. The highest BCUT2D eigenvalue weighted by molar-refractivity contribution is 6.33. The van der Waals surface area contributed by atoms with Gasteiger partial charge in [-0.25, -0.2) is 4.98 Å². The lowest BCUT2D eigenvalue weighted by Gasteiger charge is -2.35. The fraction of sp³-hybridized carbons (Fsp3) is 0.368. The fourth-order valence-corrected chi connectivity index (χ4v) is 3.27. The zero-order valence-corrected chi connectivity index (χ0v) is 15.9. The van der Waals surface area contributed by atoms with E-state index in [1.807, 2.05) is 6.92 Å². The molecule has 9 heteroatoms. The first-order chi connectivity index (χ1) is 13.3. The van der Waals surface area contributed by atoms with Crippen molar-refractivity contribution in [3.8, 4) is 5.75 Å². The second kappa shape index (κ2) is 8.26. The van der Waals surface area contributed by atoms with Crippen LogP contribution < -0.4 is 9.64 Å². The molecule has 0 radical (unpaired) electrons. The third kappa shape index (κ3) is 4.49. The van der Waals surface area contributed by atoms with Gasteiger partial charge < -0.3 is 14.5 Å². The molecular formula is C19H19ClF3N3O2. The Morgan fingerprint density at radius 1 is 1.18 bits per heavy atom. The predicted octanol–water partition coefficient (Wildman–Crippen LogP) is 4.11. The van der Waals surface area contributed by atoms with Gasteiger partial charge in [0.2, 0.25) is 0 Å². The van der Waals surface area contributed by atoms with Crippen molar-refractivity contribution in [2.75, 3.05) is 37.7 Å². The first-order valence-electron chi connectivity index (χ1n) is 8.79. The Kier molecular flexibility index (Phi) is 5.98. The minimum atomic E-state index is -4.49. The second-order valence-corrected chi connectivity index (χ2v) is 6.67. The minimum Gasteiger partial charge on any atom is -0.494 e. The van der Waals surface area contributed by atoms with Crippen LogP contribution in [0, 0.1) is 0 Å². The van der Waals surface area contributed by atoms with Crippen molar-refractivity contribution in [2.45, 2.75) is 13.1 Å². The van der Waals surface area contributed by atoms with E-state index in [0.717, 1.165) is 12.3 Å². The summed E-state index contributed by atoms with van der Waals surface area (Å²) in [5, 5.41) is -0.0545. The van der Waals surface area contributed by atoms with E-state index in [1.54, 1.807) is 34.1 Å². The largest absolute Gasteiger partial charge is 0.494 e. The Morgan fingerprint density at radius 3 is 2.36 bits per heavy atom. The Labute approximate surface area is 165 Å². The van der Waals surface area contributed by atoms with E-state index in [1.165, 1.54) is 0 Å². The van der Waals surface area contributed by atoms with Gasteiger partial charge in [-0.3, -0.25) is 4.79 Å². The van der Waals surface area contributed by atoms with E-state index in [9.17, 15) is 18.0 Å². The number of hydrogen-bond acceptors (Lipinski definition) is 4. The number of pyridine rings is 1. The summed E-state index contributed by atoms with van der Waals surface area (Å²) < 4.78 is 43.6. The number of aromatic nitrogens is 1. The maximum atomic E-state index is 12.7. The number of hydrogen-bond donors (Lipinski definition) is 0. The molecule has 1 amide bonds. The van der Waals surface area contributed by atoms with Crippen LogP contribution in [0.25, 0.3) is 0 Å². The second-order valence-electron chi connectivity index (χ2n) is 6.26. The Bertz CT molecular complexity index is 835. The van der Waals surface area contributed by atoms with Gasteiger partial charge in [0.1, 0.15) is 11.6 Å². The number of benzene rings is 1. The number of nitrogens with zero attached hydrogens (tertiary/aromatic N) is 3. The van der Waals surface area contributed by atoms with E-state index in [0.29, 0.717) is 49.9 Å². The topological polar surface area (TPSA) is 45.7 Å². The zero-order chi connectivity index (χ0) is 20.3. The molecule has 1 fully saturated rings. The molecule has 5 nitrogen and oxygen atoms in total. The summed E-state index contributed by atoms with van der Waals surface area (Å²) in [6.45, 7) is 4.14. The van der Waals surface area contributed by atoms with Gasteiger partial charge in [0.25, 0.3) is 5.91 Å². The predicted molar refractivity (Wildman–Crippen MR) is 100.0 cm³/mol. The summed E-state index contributed by atoms with van der Waals surface area (Å²) in [6.07, 6.45) is -3.71. The summed E-state index contributed by atoms with van der Waals surface area (Å²) in [5.74, 6) is 0.892. The molecule has 1 aromatic carbocycles. The summed E-state index contributed by atoms with van der Waals surface area (Å²) in [7, 11) is 0. The first kappa shape index (κ1) is 20.3. The lowest BCUT2D eigenvalue weighted by molar-refractivity contribution is -0.137. The number of piperazine rings is 1. The summed E-state index contributed by atoms with van der Waals surface area (Å²) in [5.41, 5.74) is -0.326. The minimum absolute atomic E-state index is 0.0545. The van der Waals surface area contributed by atoms with Gasteiger partial charge in [-0.2, -0.15) is 13.2 Å². The van der Waals surface area contributed by atoms with Crippen molar-refractivity contribution in [1.82, 2.24) is 9.88 Å². The molecule has 0 saturated carbocycles. The summed E-state index contributed by atoms with van der Waals surface area (Å²) in [4.78, 5) is 20.0. The van der Waals surface area contributed by atoms with Crippen molar-refractivity contribution in [3.05, 3.63) is 52.7 Å². The number of ether oxygens (including phenoxy) is 1. The van der Waals surface area contributed by atoms with Crippen molar-refractivity contribution < 1.29 is 22.7 Å². The fourth-order valence-electron chi connectivity index (χ4n) is 2.98. The quantitative estimate of drug-likeness (QED) is 0.756. The van der Waals surface area contributed by atoms with Gasteiger partial charge in [0, 0.05) is 37.9 Å². The number of anilines is 1. The van der Waals surface area contributed by atoms with Crippen LogP contribution in [0.4, 0.5) is 19.0 Å². The van der Waals surface area contributed by atoms with Gasteiger partial charge in [-0.15, -0.1) is 0 Å². The molecule has 0 N–H and O–H groups in total. The molecule has 0 bridgehead atoms. The monoisotopic (exact) mass is 413 g/mol. The Hall–Kier alpha value is -2.48. The maximum Gasteiger partial charge on any atom is 0.417 e. The lowest BCUT2D eigenvalue weighted by Crippen LogP contribution is -2.49. The van der Waals surface area contributed by atoms with Crippen molar-refractivity contribution >= 4 is 23.3 Å². The number of rotatable bonds is 4. The Balaban J connectivity index is 1.63. The molecule has 1 aromatic heterocycles. The van der Waals surface area contributed by atoms with Crippen LogP contribution in [0.3, 0.4) is 0 Å². The summed E-state index contributed by atoms with van der Waals surface area (Å²) >= 11 is 6.01. The van der Waals surface area contributed by atoms with Gasteiger partial charge >= 0.3 is 6.18 Å². The van der Waals surface area contributed by atoms with Crippen LogP contribution in [0.1, 0.15) is 22.8 Å². The molecule has 28 heavy (non-hydrogen) atoms. The maximum absolute atomic E-state index is 12.7. The molecule has 2 heterocycles. The third-order valence-electron chi connectivity index (χ3n) is 4.43. The van der Waals surface area contributed by atoms with Crippen LogP contribution in [0.2, 0.25) is 5.02 Å². The van der Waals surface area contributed by atoms with Gasteiger partial charge in [-0.05, 0) is 37.3 Å². The molecule has 150 valence electrons. The van der Waals surface area contributed by atoms with Crippen LogP contribution >= 0.6 is 11.6 Å². The molecule has 0 aliphatic carbocycles. The molecule has 0 spiro atoms. The molecular weight excluding hydrogens is 395 g/mol. The first-order valence-corrected chi connectivity index (χ1v) is 9.17. The van der Waals surface area contributed by atoms with E-state index in [2.05, 4.69) is 4.98 Å². The highest BCUT2D eigenvalue weighted by atomic mass is 35.5. The van der Waals surface area contributed by atoms with Gasteiger partial charge in [-0.1, -0.05) is 11.6 Å². The number of amides is 1. The number of alkyl halides is 3. The standard InChI is InChI=1S/C19H19ClF3N3O2/c1-2-28-15-5-3-13(4-6-15)18(27)26-9-7-25(8-10-26)17-16(20)11-14(12-24-17)19(21,22)23/h3-6,11-12H,2,7-10H2,1H3. The highest BCUT2D eigenvalue weighted by Gasteiger charge is 2.32. The molecule has 1 aliphatic heterocycles. The molecule has 2 aromatic rings. The van der Waals surface area contributed by atoms with E-state index >= 15 is 0 Å². The molecule has 3 rings (SSSR count). The Morgan fingerprint density at radius 2 is 1.82 bits per heavy atom. The van der Waals surface area contributed by atoms with E-state index < -0.39 is 11.7 Å². The summed E-state index contributed by atoms with van der Waals surface area (Å²) in [6, 6.07) is 7.81. The number of carbonyl (C=O) groups excluding carboxylic acids is 1. The highest BCUT2D eigenvalue weighted by Crippen LogP contribution is 2.33. The lowest BCUT2D eigenvalue weighted by atomic mass is 10.1. The smallest absolute Gasteiger partial charge is 0.417 e. The van der Waals surface area contributed by atoms with Gasteiger partial charge in [0.15, 0.2) is 0 Å².